The van der Waals surface area contributed by atoms with Gasteiger partial charge >= 0.3 is 0 Å². The third-order valence-corrected chi connectivity index (χ3v) is 10.7. The Morgan fingerprint density at radius 2 is 1.50 bits per heavy atom. The predicted octanol–water partition coefficient (Wildman–Crippen LogP) is 4.69. The Morgan fingerprint density at radius 1 is 0.971 bits per heavy atom. The number of fused-ring (bicyclic) bond motifs is 5. The molecule has 1 saturated heterocycles. The van der Waals surface area contributed by atoms with Crippen LogP contribution in [0.25, 0.3) is 0 Å². The Kier molecular flexibility index (Phi) is 6.14. The standard InChI is InChI=1S/C23H18Br3N3O5/c24-13-5-1-11(2-6-13)10-27(21(30)12-3-7-14(8-4-12)29(33)34)28-22(31)17-15-9-16(18(17)23(28)32)20(26)19(15)25/h1-8,15-20H,9-10H2/t15-,16-,17-,18+,19+,20+/m1/s1. The highest BCUT2D eigenvalue weighted by Crippen LogP contribution is 2.60. The first kappa shape index (κ1) is 23.6. The summed E-state index contributed by atoms with van der Waals surface area (Å²) in [4.78, 5) is 51.4. The lowest BCUT2D eigenvalue weighted by atomic mass is 9.81. The maximum Gasteiger partial charge on any atom is 0.273 e. The Hall–Kier alpha value is -2.11. The monoisotopic (exact) mass is 653 g/mol. The van der Waals surface area contributed by atoms with E-state index in [-0.39, 0.29) is 51.1 Å². The maximum atomic E-state index is 13.6. The second-order valence-corrected chi connectivity index (χ2v) is 11.8. The Morgan fingerprint density at radius 3 is 2.00 bits per heavy atom. The molecule has 0 unspecified atom stereocenters. The van der Waals surface area contributed by atoms with Crippen LogP contribution in [0.15, 0.2) is 53.0 Å². The Balaban J connectivity index is 1.51. The molecule has 0 aromatic heterocycles. The molecule has 3 fully saturated rings. The van der Waals surface area contributed by atoms with E-state index in [1.807, 2.05) is 12.1 Å². The number of carbonyl (C=O) groups is 3. The smallest absolute Gasteiger partial charge is 0.272 e. The highest BCUT2D eigenvalue weighted by Gasteiger charge is 2.67. The predicted molar refractivity (Wildman–Crippen MR) is 133 cm³/mol. The van der Waals surface area contributed by atoms with Crippen molar-refractivity contribution >= 4 is 71.2 Å². The number of hydrogen-bond acceptors (Lipinski definition) is 5. The molecule has 1 heterocycles. The van der Waals surface area contributed by atoms with Crippen LogP contribution >= 0.6 is 47.8 Å². The van der Waals surface area contributed by atoms with Crippen LogP contribution < -0.4 is 0 Å². The summed E-state index contributed by atoms with van der Waals surface area (Å²) < 4.78 is 0.857. The molecule has 2 aliphatic carbocycles. The van der Waals surface area contributed by atoms with E-state index in [9.17, 15) is 24.5 Å². The molecule has 2 aromatic carbocycles. The van der Waals surface area contributed by atoms with Gasteiger partial charge in [0.2, 0.25) is 0 Å². The molecular weight excluding hydrogens is 638 g/mol. The molecule has 8 nitrogen and oxygen atoms in total. The summed E-state index contributed by atoms with van der Waals surface area (Å²) in [5.41, 5.74) is 0.734. The number of hydrazine groups is 1. The molecule has 2 bridgehead atoms. The lowest BCUT2D eigenvalue weighted by Gasteiger charge is -2.31. The fraction of sp³-hybridized carbons (Fsp3) is 0.348. The molecule has 0 N–H and O–H groups in total. The van der Waals surface area contributed by atoms with Crippen molar-refractivity contribution < 1.29 is 19.3 Å². The lowest BCUT2D eigenvalue weighted by molar-refractivity contribution is -0.384. The van der Waals surface area contributed by atoms with Gasteiger partial charge < -0.3 is 0 Å². The fourth-order valence-electron chi connectivity index (χ4n) is 5.44. The molecule has 6 atom stereocenters. The van der Waals surface area contributed by atoms with Gasteiger partial charge in [0.25, 0.3) is 23.4 Å². The summed E-state index contributed by atoms with van der Waals surface area (Å²) in [6.07, 6.45) is 0.787. The van der Waals surface area contributed by atoms with Crippen molar-refractivity contribution in [1.29, 1.82) is 0 Å². The number of non-ortho nitro benzene ring substituents is 1. The molecule has 3 aliphatic rings. The van der Waals surface area contributed by atoms with Crippen molar-refractivity contribution in [3.63, 3.8) is 0 Å². The van der Waals surface area contributed by atoms with Gasteiger partial charge in [0.15, 0.2) is 0 Å². The highest BCUT2D eigenvalue weighted by atomic mass is 79.9. The topological polar surface area (TPSA) is 101 Å². The number of amides is 3. The van der Waals surface area contributed by atoms with E-state index in [1.165, 1.54) is 29.3 Å². The molecule has 1 aliphatic heterocycles. The van der Waals surface area contributed by atoms with E-state index in [0.717, 1.165) is 21.5 Å². The van der Waals surface area contributed by atoms with Gasteiger partial charge in [0, 0.05) is 31.8 Å². The molecule has 2 aromatic rings. The third kappa shape index (κ3) is 3.72. The number of nitro benzene ring substituents is 1. The number of hydrogen-bond donors (Lipinski definition) is 0. The van der Waals surface area contributed by atoms with Gasteiger partial charge in [-0.15, -0.1) is 0 Å². The van der Waals surface area contributed by atoms with Crippen LogP contribution in [-0.2, 0) is 16.1 Å². The highest BCUT2D eigenvalue weighted by molar-refractivity contribution is 9.12. The van der Waals surface area contributed by atoms with Crippen LogP contribution in [0.2, 0.25) is 0 Å². The first-order valence-electron chi connectivity index (χ1n) is 10.7. The first-order valence-corrected chi connectivity index (χ1v) is 13.3. The van der Waals surface area contributed by atoms with Crippen LogP contribution in [0.5, 0.6) is 0 Å². The van der Waals surface area contributed by atoms with Gasteiger partial charge in [-0.1, -0.05) is 59.9 Å². The van der Waals surface area contributed by atoms with E-state index < -0.39 is 22.7 Å². The molecule has 0 spiro atoms. The van der Waals surface area contributed by atoms with Gasteiger partial charge in [0.1, 0.15) is 0 Å². The molecule has 11 heteroatoms. The molecule has 2 saturated carbocycles. The maximum absolute atomic E-state index is 13.6. The van der Waals surface area contributed by atoms with Crippen LogP contribution in [0.4, 0.5) is 5.69 Å². The fourth-order valence-corrected chi connectivity index (χ4v) is 7.58. The van der Waals surface area contributed by atoms with Crippen molar-refractivity contribution in [2.75, 3.05) is 0 Å². The summed E-state index contributed by atoms with van der Waals surface area (Å²) in [6, 6.07) is 12.4. The SMILES string of the molecule is O=C(c1ccc([N+](=O)[O-])cc1)N(Cc1ccc(Br)cc1)N1C(=O)[C@@H]2[C@H]3C[C@@H]([C@H](Br)[C@H]3Br)[C@@H]2C1=O. The van der Waals surface area contributed by atoms with Gasteiger partial charge in [-0.25, -0.2) is 5.01 Å². The van der Waals surface area contributed by atoms with E-state index in [1.54, 1.807) is 12.1 Å². The molecule has 176 valence electrons. The summed E-state index contributed by atoms with van der Waals surface area (Å²) >= 11 is 10.7. The van der Waals surface area contributed by atoms with Gasteiger partial charge in [-0.3, -0.25) is 24.5 Å². The minimum Gasteiger partial charge on any atom is -0.272 e. The first-order chi connectivity index (χ1) is 16.2. The molecule has 3 amide bonds. The minimum atomic E-state index is -0.572. The van der Waals surface area contributed by atoms with Gasteiger partial charge in [-0.05, 0) is 48.1 Å². The number of nitro groups is 1. The zero-order valence-electron chi connectivity index (χ0n) is 17.5. The van der Waals surface area contributed by atoms with E-state index in [4.69, 9.17) is 0 Å². The van der Waals surface area contributed by atoms with Crippen molar-refractivity contribution in [2.45, 2.75) is 22.6 Å². The van der Waals surface area contributed by atoms with Gasteiger partial charge in [0.05, 0.1) is 23.3 Å². The van der Waals surface area contributed by atoms with E-state index in [2.05, 4.69) is 47.8 Å². The summed E-state index contributed by atoms with van der Waals surface area (Å²) in [7, 11) is 0. The molecule has 5 rings (SSSR count). The number of benzene rings is 2. The van der Waals surface area contributed by atoms with Crippen molar-refractivity contribution in [1.82, 2.24) is 10.0 Å². The van der Waals surface area contributed by atoms with E-state index >= 15 is 0 Å². The average molecular weight is 656 g/mol. The van der Waals surface area contributed by atoms with Crippen molar-refractivity contribution in [3.05, 3.63) is 74.2 Å². The second kappa shape index (κ2) is 8.83. The zero-order chi connectivity index (χ0) is 24.3. The van der Waals surface area contributed by atoms with Crippen molar-refractivity contribution in [2.24, 2.45) is 23.7 Å². The number of rotatable bonds is 5. The van der Waals surface area contributed by atoms with Crippen LogP contribution in [0.3, 0.4) is 0 Å². The van der Waals surface area contributed by atoms with Crippen molar-refractivity contribution in [3.8, 4) is 0 Å². The number of imide groups is 1. The average Bonchev–Trinajstić information content (AvgIpc) is 3.43. The van der Waals surface area contributed by atoms with Crippen LogP contribution in [0, 0.1) is 33.8 Å². The van der Waals surface area contributed by atoms with Crippen LogP contribution in [-0.4, -0.2) is 42.3 Å². The Labute approximate surface area is 220 Å². The quantitative estimate of drug-likeness (QED) is 0.201. The van der Waals surface area contributed by atoms with Gasteiger partial charge in [-0.2, -0.15) is 5.01 Å². The van der Waals surface area contributed by atoms with E-state index in [0.29, 0.717) is 0 Å². The number of halogens is 3. The van der Waals surface area contributed by atoms with Crippen LogP contribution in [0.1, 0.15) is 22.3 Å². The zero-order valence-corrected chi connectivity index (χ0v) is 22.3. The lowest BCUT2D eigenvalue weighted by Crippen LogP contribution is -2.50. The summed E-state index contributed by atoms with van der Waals surface area (Å²) in [6.45, 7) is 0.00480. The number of alkyl halides is 2. The number of carbonyl (C=O) groups excluding carboxylic acids is 3. The molecular formula is C23H18Br3N3O5. The second-order valence-electron chi connectivity index (χ2n) is 8.79. The summed E-state index contributed by atoms with van der Waals surface area (Å²) in [5, 5.41) is 13.2. The normalized spacial score (nSPS) is 29.4. The number of nitrogens with zero attached hydrogens (tertiary/aromatic N) is 3. The largest absolute Gasteiger partial charge is 0.273 e. The Bertz CT molecular complexity index is 1160. The minimum absolute atomic E-state index is 0.00480. The molecule has 0 radical (unpaired) electrons. The summed E-state index contributed by atoms with van der Waals surface area (Å²) in [5.74, 6) is -2.19. The third-order valence-electron chi connectivity index (χ3n) is 7.01. The molecule has 34 heavy (non-hydrogen) atoms.